The number of hydrazone groups is 1. The van der Waals surface area contributed by atoms with E-state index in [1.54, 1.807) is 18.2 Å². The topological polar surface area (TPSA) is 89.0 Å². The first-order valence-electron chi connectivity index (χ1n) is 12.1. The number of benzene rings is 4. The van der Waals surface area contributed by atoms with Crippen molar-refractivity contribution in [3.05, 3.63) is 99.5 Å². The van der Waals surface area contributed by atoms with E-state index in [4.69, 9.17) is 9.47 Å². The van der Waals surface area contributed by atoms with Crippen molar-refractivity contribution in [1.82, 2.24) is 5.43 Å². The Hall–Kier alpha value is -4.17. The lowest BCUT2D eigenvalue weighted by Gasteiger charge is -2.15. The fourth-order valence-corrected chi connectivity index (χ4v) is 4.47. The predicted octanol–water partition coefficient (Wildman–Crippen LogP) is 6.29. The number of carbonyl (C=O) groups excluding carboxylic acids is 2. The number of hydrogen-bond acceptors (Lipinski definition) is 5. The number of aryl methyl sites for hydroxylation is 2. The summed E-state index contributed by atoms with van der Waals surface area (Å²) < 4.78 is 12.7. The Morgan fingerprint density at radius 1 is 0.947 bits per heavy atom. The molecule has 4 rings (SSSR count). The lowest BCUT2D eigenvalue weighted by molar-refractivity contribution is -0.136. The molecule has 4 aromatic rings. The maximum atomic E-state index is 12.3. The summed E-state index contributed by atoms with van der Waals surface area (Å²) in [5, 5.41) is 8.83. The zero-order valence-electron chi connectivity index (χ0n) is 21.4. The Morgan fingerprint density at radius 3 is 2.55 bits per heavy atom. The van der Waals surface area contributed by atoms with Gasteiger partial charge in [0.25, 0.3) is 0 Å². The van der Waals surface area contributed by atoms with Gasteiger partial charge in [-0.15, -0.1) is 0 Å². The molecule has 2 N–H and O–H groups in total. The molecule has 194 valence electrons. The number of hydrogen-bond donors (Lipinski definition) is 2. The van der Waals surface area contributed by atoms with Crippen LogP contribution in [0.15, 0.2) is 82.4 Å². The van der Waals surface area contributed by atoms with Crippen molar-refractivity contribution in [3.63, 3.8) is 0 Å². The molecule has 0 aliphatic carbocycles. The summed E-state index contributed by atoms with van der Waals surface area (Å²) in [4.78, 5) is 24.5. The molecule has 0 spiro atoms. The summed E-state index contributed by atoms with van der Waals surface area (Å²) >= 11 is 3.57. The maximum absolute atomic E-state index is 12.3. The highest BCUT2D eigenvalue weighted by Crippen LogP contribution is 2.37. The van der Waals surface area contributed by atoms with Gasteiger partial charge in [-0.1, -0.05) is 54.6 Å². The minimum Gasteiger partial charge on any atom is -0.490 e. The van der Waals surface area contributed by atoms with E-state index in [1.165, 1.54) is 6.21 Å². The van der Waals surface area contributed by atoms with Crippen LogP contribution in [0.5, 0.6) is 11.5 Å². The molecule has 7 nitrogen and oxygen atoms in total. The van der Waals surface area contributed by atoms with Gasteiger partial charge in [-0.3, -0.25) is 9.59 Å². The summed E-state index contributed by atoms with van der Waals surface area (Å²) in [6.07, 6.45) is 1.44. The number of carbonyl (C=O) groups is 2. The number of amides is 2. The van der Waals surface area contributed by atoms with E-state index in [0.717, 1.165) is 27.5 Å². The lowest BCUT2D eigenvalue weighted by atomic mass is 10.1. The summed E-state index contributed by atoms with van der Waals surface area (Å²) in [6, 6.07) is 23.5. The summed E-state index contributed by atoms with van der Waals surface area (Å²) in [7, 11) is 0. The van der Waals surface area contributed by atoms with Crippen LogP contribution >= 0.6 is 15.9 Å². The number of nitrogens with one attached hydrogen (secondary N) is 2. The number of fused-ring (bicyclic) bond motifs is 1. The second kappa shape index (κ2) is 12.4. The first kappa shape index (κ1) is 26.9. The zero-order chi connectivity index (χ0) is 27.1. The molecule has 0 unspecified atom stereocenters. The predicted molar refractivity (Wildman–Crippen MR) is 154 cm³/mol. The third-order valence-electron chi connectivity index (χ3n) is 5.81. The SMILES string of the molecule is CCOc1cc(/C=N/NC(=O)C(=O)Nc2cc(C)ccc2C)cc(Br)c1OCc1cccc2ccccc12. The molecule has 0 aliphatic rings. The van der Waals surface area contributed by atoms with Gasteiger partial charge in [0, 0.05) is 5.69 Å². The van der Waals surface area contributed by atoms with Crippen molar-refractivity contribution in [2.75, 3.05) is 11.9 Å². The van der Waals surface area contributed by atoms with Gasteiger partial charge in [0.05, 0.1) is 17.3 Å². The normalized spacial score (nSPS) is 10.9. The Morgan fingerprint density at radius 2 is 1.74 bits per heavy atom. The van der Waals surface area contributed by atoms with E-state index in [9.17, 15) is 9.59 Å². The van der Waals surface area contributed by atoms with Crippen LogP contribution in [-0.4, -0.2) is 24.6 Å². The first-order valence-corrected chi connectivity index (χ1v) is 12.9. The highest BCUT2D eigenvalue weighted by molar-refractivity contribution is 9.10. The summed E-state index contributed by atoms with van der Waals surface area (Å²) in [6.45, 7) is 6.45. The zero-order valence-corrected chi connectivity index (χ0v) is 23.0. The molecule has 2 amide bonds. The fourth-order valence-electron chi connectivity index (χ4n) is 3.90. The highest BCUT2D eigenvalue weighted by atomic mass is 79.9. The van der Waals surface area contributed by atoms with Gasteiger partial charge in [-0.2, -0.15) is 5.10 Å². The number of ether oxygens (including phenoxy) is 2. The lowest BCUT2D eigenvalue weighted by Crippen LogP contribution is -2.32. The van der Waals surface area contributed by atoms with Crippen molar-refractivity contribution in [2.24, 2.45) is 5.10 Å². The monoisotopic (exact) mass is 573 g/mol. The van der Waals surface area contributed by atoms with Gasteiger partial charge >= 0.3 is 11.8 Å². The number of halogens is 1. The van der Waals surface area contributed by atoms with E-state index in [2.05, 4.69) is 50.0 Å². The van der Waals surface area contributed by atoms with Gasteiger partial charge in [0.15, 0.2) is 11.5 Å². The first-order chi connectivity index (χ1) is 18.4. The van der Waals surface area contributed by atoms with Gasteiger partial charge in [0.2, 0.25) is 0 Å². The average Bonchev–Trinajstić information content (AvgIpc) is 2.90. The smallest absolute Gasteiger partial charge is 0.329 e. The Kier molecular flexibility index (Phi) is 8.76. The molecule has 0 atom stereocenters. The molecule has 0 aliphatic heterocycles. The molecule has 0 radical (unpaired) electrons. The molecule has 0 saturated carbocycles. The number of rotatable bonds is 8. The third kappa shape index (κ3) is 6.58. The highest BCUT2D eigenvalue weighted by Gasteiger charge is 2.15. The van der Waals surface area contributed by atoms with Crippen LogP contribution in [0.25, 0.3) is 10.8 Å². The third-order valence-corrected chi connectivity index (χ3v) is 6.40. The van der Waals surface area contributed by atoms with Gasteiger partial charge < -0.3 is 14.8 Å². The summed E-state index contributed by atoms with van der Waals surface area (Å²) in [5.41, 5.74) is 6.39. The molecule has 0 aromatic heterocycles. The van der Waals surface area contributed by atoms with Crippen LogP contribution in [0, 0.1) is 13.8 Å². The van der Waals surface area contributed by atoms with Crippen LogP contribution in [-0.2, 0) is 16.2 Å². The van der Waals surface area contributed by atoms with E-state index < -0.39 is 11.8 Å². The number of nitrogens with zero attached hydrogens (tertiary/aromatic N) is 1. The van der Waals surface area contributed by atoms with E-state index in [0.29, 0.717) is 40.4 Å². The van der Waals surface area contributed by atoms with Crippen LogP contribution < -0.4 is 20.2 Å². The van der Waals surface area contributed by atoms with Crippen molar-refractivity contribution in [1.29, 1.82) is 0 Å². The molecule has 38 heavy (non-hydrogen) atoms. The Balaban J connectivity index is 1.44. The fraction of sp³-hybridized carbons (Fsp3) is 0.167. The molecule has 0 bridgehead atoms. The molecule has 8 heteroatoms. The van der Waals surface area contributed by atoms with Crippen LogP contribution in [0.2, 0.25) is 0 Å². The van der Waals surface area contributed by atoms with Crippen molar-refractivity contribution in [3.8, 4) is 11.5 Å². The van der Waals surface area contributed by atoms with Gasteiger partial charge in [-0.25, -0.2) is 5.43 Å². The average molecular weight is 574 g/mol. The van der Waals surface area contributed by atoms with Crippen molar-refractivity contribution >= 4 is 50.4 Å². The molecule has 0 saturated heterocycles. The second-order valence-electron chi connectivity index (χ2n) is 8.66. The molecule has 0 heterocycles. The molecular formula is C30H28BrN3O4. The maximum Gasteiger partial charge on any atom is 0.329 e. The molecule has 4 aromatic carbocycles. The number of anilines is 1. The summed E-state index contributed by atoms with van der Waals surface area (Å²) in [5.74, 6) is -0.582. The van der Waals surface area contributed by atoms with Crippen LogP contribution in [0.4, 0.5) is 5.69 Å². The standard InChI is InChI=1S/C30H28BrN3O4/c1-4-37-27-16-21(17-32-34-30(36)29(35)33-26-14-19(2)12-13-20(26)3)15-25(31)28(27)38-18-23-10-7-9-22-8-5-6-11-24(22)23/h5-17H,4,18H2,1-3H3,(H,33,35)(H,34,36)/b32-17+. The quantitative estimate of drug-likeness (QED) is 0.147. The van der Waals surface area contributed by atoms with E-state index in [-0.39, 0.29) is 0 Å². The minimum atomic E-state index is -0.874. The van der Waals surface area contributed by atoms with Gasteiger partial charge in [-0.05, 0) is 87.9 Å². The van der Waals surface area contributed by atoms with Crippen molar-refractivity contribution in [2.45, 2.75) is 27.4 Å². The van der Waals surface area contributed by atoms with Crippen molar-refractivity contribution < 1.29 is 19.1 Å². The Labute approximate surface area is 230 Å². The largest absolute Gasteiger partial charge is 0.490 e. The van der Waals surface area contributed by atoms with Gasteiger partial charge in [0.1, 0.15) is 6.61 Å². The Bertz CT molecular complexity index is 1510. The molecule has 0 fully saturated rings. The van der Waals surface area contributed by atoms with Crippen LogP contribution in [0.1, 0.15) is 29.2 Å². The second-order valence-corrected chi connectivity index (χ2v) is 9.52. The molecular weight excluding hydrogens is 546 g/mol. The minimum absolute atomic E-state index is 0.360. The van der Waals surface area contributed by atoms with E-state index in [1.807, 2.05) is 57.2 Å². The van der Waals surface area contributed by atoms with Crippen LogP contribution in [0.3, 0.4) is 0 Å². The van der Waals surface area contributed by atoms with E-state index >= 15 is 0 Å².